The molecule has 0 aliphatic heterocycles. The van der Waals surface area contributed by atoms with E-state index in [2.05, 4.69) is 0 Å². The van der Waals surface area contributed by atoms with E-state index >= 15 is 0 Å². The highest BCUT2D eigenvalue weighted by atomic mass is 35.5. The average molecular weight is 311 g/mol. The quantitative estimate of drug-likeness (QED) is 0.845. The third-order valence-electron chi connectivity index (χ3n) is 2.49. The largest absolute Gasteiger partial charge is 0.478 e. The summed E-state index contributed by atoms with van der Waals surface area (Å²) in [5.74, 6) is -2.62. The predicted octanol–water partition coefficient (Wildman–Crippen LogP) is 4.51. The highest BCUT2D eigenvalue weighted by Crippen LogP contribution is 2.31. The number of benzene rings is 2. The molecule has 2 aromatic rings. The Morgan fingerprint density at radius 2 is 1.86 bits per heavy atom. The SMILES string of the molecule is O=C(O)/C=C/c1ccc(Oc2ccc(F)cc2F)c(Cl)c1. The van der Waals surface area contributed by atoms with Gasteiger partial charge in [0.15, 0.2) is 11.6 Å². The summed E-state index contributed by atoms with van der Waals surface area (Å²) in [5.41, 5.74) is 0.550. The van der Waals surface area contributed by atoms with E-state index in [1.165, 1.54) is 18.2 Å². The number of carboxylic acid groups (broad SMARTS) is 1. The standard InChI is InChI=1S/C15H9ClF2O3/c16-11-7-9(2-6-15(19)20)1-4-13(11)21-14-5-3-10(17)8-12(14)18/h1-8H,(H,19,20)/b6-2+. The van der Waals surface area contributed by atoms with E-state index in [0.717, 1.165) is 18.2 Å². The lowest BCUT2D eigenvalue weighted by Crippen LogP contribution is -1.91. The summed E-state index contributed by atoms with van der Waals surface area (Å²) in [6.07, 6.45) is 2.32. The minimum Gasteiger partial charge on any atom is -0.478 e. The van der Waals surface area contributed by atoms with Crippen molar-refractivity contribution in [2.75, 3.05) is 0 Å². The molecule has 0 saturated carbocycles. The van der Waals surface area contributed by atoms with Crippen molar-refractivity contribution in [3.63, 3.8) is 0 Å². The van der Waals surface area contributed by atoms with Crippen LogP contribution in [0.5, 0.6) is 11.5 Å². The van der Waals surface area contributed by atoms with Crippen molar-refractivity contribution >= 4 is 23.6 Å². The number of carboxylic acids is 1. The minimum atomic E-state index is -1.08. The zero-order chi connectivity index (χ0) is 15.4. The Morgan fingerprint density at radius 3 is 2.48 bits per heavy atom. The molecule has 3 nitrogen and oxygen atoms in total. The van der Waals surface area contributed by atoms with Gasteiger partial charge in [0.2, 0.25) is 0 Å². The molecule has 0 heterocycles. The molecule has 0 radical (unpaired) electrons. The first-order chi connectivity index (χ1) is 9.95. The van der Waals surface area contributed by atoms with Crippen LogP contribution in [0.2, 0.25) is 5.02 Å². The van der Waals surface area contributed by atoms with Crippen LogP contribution in [0.25, 0.3) is 6.08 Å². The lowest BCUT2D eigenvalue weighted by atomic mass is 10.2. The normalized spacial score (nSPS) is 10.8. The van der Waals surface area contributed by atoms with Gasteiger partial charge in [0.1, 0.15) is 11.6 Å². The Labute approximate surface area is 124 Å². The molecule has 0 atom stereocenters. The van der Waals surface area contributed by atoms with Gasteiger partial charge in [-0.3, -0.25) is 0 Å². The second kappa shape index (κ2) is 6.37. The van der Waals surface area contributed by atoms with E-state index in [9.17, 15) is 13.6 Å². The molecule has 0 aliphatic rings. The molecule has 2 aromatic carbocycles. The first-order valence-electron chi connectivity index (χ1n) is 5.79. The maximum absolute atomic E-state index is 13.5. The second-order valence-electron chi connectivity index (χ2n) is 4.04. The fourth-order valence-electron chi connectivity index (χ4n) is 1.55. The van der Waals surface area contributed by atoms with E-state index in [1.54, 1.807) is 6.07 Å². The number of hydrogen-bond donors (Lipinski definition) is 1. The molecule has 6 heteroatoms. The Morgan fingerprint density at radius 1 is 1.14 bits per heavy atom. The molecule has 108 valence electrons. The van der Waals surface area contributed by atoms with Gasteiger partial charge in [-0.2, -0.15) is 0 Å². The van der Waals surface area contributed by atoms with Gasteiger partial charge in [-0.15, -0.1) is 0 Å². The molecular weight excluding hydrogens is 302 g/mol. The molecule has 0 saturated heterocycles. The van der Waals surface area contributed by atoms with Crippen molar-refractivity contribution in [1.29, 1.82) is 0 Å². The fourth-order valence-corrected chi connectivity index (χ4v) is 1.78. The van der Waals surface area contributed by atoms with Crippen LogP contribution in [-0.2, 0) is 4.79 Å². The second-order valence-corrected chi connectivity index (χ2v) is 4.45. The van der Waals surface area contributed by atoms with Gasteiger partial charge in [-0.05, 0) is 35.9 Å². The minimum absolute atomic E-state index is 0.160. The van der Waals surface area contributed by atoms with Crippen LogP contribution in [0, 0.1) is 11.6 Å². The Balaban J connectivity index is 2.23. The van der Waals surface area contributed by atoms with E-state index in [1.807, 2.05) is 0 Å². The molecule has 1 N–H and O–H groups in total. The topological polar surface area (TPSA) is 46.5 Å². The summed E-state index contributed by atoms with van der Waals surface area (Å²) >= 11 is 5.98. The van der Waals surface area contributed by atoms with Gasteiger partial charge in [-0.1, -0.05) is 17.7 Å². The van der Waals surface area contributed by atoms with Crippen LogP contribution in [0.3, 0.4) is 0 Å². The molecule has 0 aliphatic carbocycles. The fraction of sp³-hybridized carbons (Fsp3) is 0. The number of carbonyl (C=O) groups is 1. The average Bonchev–Trinajstić information content (AvgIpc) is 2.42. The summed E-state index contributed by atoms with van der Waals surface area (Å²) in [7, 11) is 0. The number of halogens is 3. The molecule has 0 unspecified atom stereocenters. The molecule has 21 heavy (non-hydrogen) atoms. The third-order valence-corrected chi connectivity index (χ3v) is 2.78. The summed E-state index contributed by atoms with van der Waals surface area (Å²) < 4.78 is 31.5. The van der Waals surface area contributed by atoms with Gasteiger partial charge in [0.25, 0.3) is 0 Å². The highest BCUT2D eigenvalue weighted by Gasteiger charge is 2.09. The number of rotatable bonds is 4. The van der Waals surface area contributed by atoms with Crippen molar-refractivity contribution in [3.8, 4) is 11.5 Å². The van der Waals surface area contributed by atoms with E-state index < -0.39 is 17.6 Å². The molecule has 0 spiro atoms. The van der Waals surface area contributed by atoms with Crippen LogP contribution in [0.4, 0.5) is 8.78 Å². The summed E-state index contributed by atoms with van der Waals surface area (Å²) in [4.78, 5) is 10.4. The lowest BCUT2D eigenvalue weighted by Gasteiger charge is -2.09. The van der Waals surface area contributed by atoms with Crippen molar-refractivity contribution in [3.05, 3.63) is 64.7 Å². The van der Waals surface area contributed by atoms with Crippen molar-refractivity contribution in [1.82, 2.24) is 0 Å². The lowest BCUT2D eigenvalue weighted by molar-refractivity contribution is -0.131. The molecule has 0 bridgehead atoms. The zero-order valence-corrected chi connectivity index (χ0v) is 11.3. The molecule has 2 rings (SSSR count). The number of aliphatic carboxylic acids is 1. The first kappa shape index (κ1) is 15.0. The smallest absolute Gasteiger partial charge is 0.328 e. The van der Waals surface area contributed by atoms with Gasteiger partial charge in [0, 0.05) is 12.1 Å². The maximum Gasteiger partial charge on any atom is 0.328 e. The van der Waals surface area contributed by atoms with Gasteiger partial charge in [-0.25, -0.2) is 13.6 Å². The van der Waals surface area contributed by atoms with Crippen molar-refractivity contribution in [2.24, 2.45) is 0 Å². The zero-order valence-electron chi connectivity index (χ0n) is 10.5. The van der Waals surface area contributed by atoms with Crippen LogP contribution in [0.15, 0.2) is 42.5 Å². The van der Waals surface area contributed by atoms with Gasteiger partial charge < -0.3 is 9.84 Å². The van der Waals surface area contributed by atoms with Crippen molar-refractivity contribution < 1.29 is 23.4 Å². The van der Waals surface area contributed by atoms with Crippen LogP contribution in [-0.4, -0.2) is 11.1 Å². The number of hydrogen-bond acceptors (Lipinski definition) is 2. The van der Waals surface area contributed by atoms with Crippen LogP contribution < -0.4 is 4.74 Å². The summed E-state index contributed by atoms with van der Waals surface area (Å²) in [6, 6.07) is 7.41. The van der Waals surface area contributed by atoms with E-state index in [4.69, 9.17) is 21.4 Å². The van der Waals surface area contributed by atoms with Crippen LogP contribution in [0.1, 0.15) is 5.56 Å². The molecule has 0 aromatic heterocycles. The van der Waals surface area contributed by atoms with E-state index in [0.29, 0.717) is 11.6 Å². The molecule has 0 amide bonds. The molecular formula is C15H9ClF2O3. The predicted molar refractivity (Wildman–Crippen MR) is 74.6 cm³/mol. The van der Waals surface area contributed by atoms with Gasteiger partial charge in [0.05, 0.1) is 5.02 Å². The first-order valence-corrected chi connectivity index (χ1v) is 6.17. The van der Waals surface area contributed by atoms with Crippen LogP contribution >= 0.6 is 11.6 Å². The Kier molecular flexibility index (Phi) is 4.55. The monoisotopic (exact) mass is 310 g/mol. The maximum atomic E-state index is 13.5. The van der Waals surface area contributed by atoms with Crippen molar-refractivity contribution in [2.45, 2.75) is 0 Å². The molecule has 0 fully saturated rings. The summed E-state index contributed by atoms with van der Waals surface area (Å²) in [6.45, 7) is 0. The summed E-state index contributed by atoms with van der Waals surface area (Å²) in [5, 5.41) is 8.70. The Bertz CT molecular complexity index is 714. The van der Waals surface area contributed by atoms with E-state index in [-0.39, 0.29) is 16.5 Å². The van der Waals surface area contributed by atoms with Gasteiger partial charge >= 0.3 is 5.97 Å². The Hall–Kier alpha value is -2.40. The number of ether oxygens (including phenoxy) is 1. The highest BCUT2D eigenvalue weighted by molar-refractivity contribution is 6.32. The third kappa shape index (κ3) is 4.03.